The molecule has 2 aliphatic carbocycles. The van der Waals surface area contributed by atoms with Crippen molar-refractivity contribution in [1.82, 2.24) is 0 Å². The van der Waals surface area contributed by atoms with Crippen molar-refractivity contribution in [3.05, 3.63) is 0 Å². The lowest BCUT2D eigenvalue weighted by atomic mass is 9.99. The molecule has 3 aliphatic heterocycles. The van der Waals surface area contributed by atoms with E-state index in [0.29, 0.717) is 6.61 Å². The summed E-state index contributed by atoms with van der Waals surface area (Å²) in [7, 11) is 0. The number of carbonyl (C=O) groups excluding carboxylic acids is 1. The number of hydrogen-bond acceptors (Lipinski definition) is 6. The number of fused-ring (bicyclic) bond motifs is 1. The molecule has 0 aromatic rings. The van der Waals surface area contributed by atoms with E-state index in [1.54, 1.807) is 0 Å². The van der Waals surface area contributed by atoms with Gasteiger partial charge in [0.1, 0.15) is 12.7 Å². The van der Waals surface area contributed by atoms with Gasteiger partial charge in [-0.2, -0.15) is 0 Å². The van der Waals surface area contributed by atoms with Crippen molar-refractivity contribution >= 4 is 5.78 Å². The third-order valence-electron chi connectivity index (χ3n) is 6.77. The first-order chi connectivity index (χ1) is 12.6. The van der Waals surface area contributed by atoms with Gasteiger partial charge in [-0.25, -0.2) is 0 Å². The molecule has 0 bridgehead atoms. The van der Waals surface area contributed by atoms with Gasteiger partial charge in [0.25, 0.3) is 5.79 Å². The molecule has 0 amide bonds. The summed E-state index contributed by atoms with van der Waals surface area (Å²) in [6.45, 7) is 0.503. The van der Waals surface area contributed by atoms with Crippen LogP contribution in [0.15, 0.2) is 0 Å². The Morgan fingerprint density at radius 2 is 1.35 bits per heavy atom. The van der Waals surface area contributed by atoms with E-state index >= 15 is 0 Å². The molecule has 0 radical (unpaired) electrons. The third-order valence-corrected chi connectivity index (χ3v) is 6.77. The number of ether oxygens (including phenoxy) is 5. The van der Waals surface area contributed by atoms with Gasteiger partial charge in [-0.05, 0) is 25.7 Å². The molecule has 3 spiro atoms. The largest absolute Gasteiger partial charge is 0.344 e. The van der Waals surface area contributed by atoms with E-state index in [0.717, 1.165) is 51.4 Å². The van der Waals surface area contributed by atoms with Crippen LogP contribution in [0.5, 0.6) is 0 Å². The third kappa shape index (κ3) is 2.85. The van der Waals surface area contributed by atoms with Crippen LogP contribution in [0.25, 0.3) is 0 Å². The van der Waals surface area contributed by atoms with E-state index in [1.165, 1.54) is 25.7 Å². The Hall–Kier alpha value is -0.530. The summed E-state index contributed by atoms with van der Waals surface area (Å²) in [5.41, 5.74) is 0. The van der Waals surface area contributed by atoms with E-state index < -0.39 is 23.5 Å². The minimum absolute atomic E-state index is 0.143. The van der Waals surface area contributed by atoms with Crippen molar-refractivity contribution in [3.8, 4) is 0 Å². The van der Waals surface area contributed by atoms with E-state index in [-0.39, 0.29) is 18.5 Å². The topological polar surface area (TPSA) is 63.2 Å². The van der Waals surface area contributed by atoms with Crippen LogP contribution in [0.2, 0.25) is 0 Å². The number of ketones is 1. The maximum atomic E-state index is 13.3. The highest BCUT2D eigenvalue weighted by atomic mass is 16.8. The van der Waals surface area contributed by atoms with Crippen molar-refractivity contribution in [2.24, 2.45) is 0 Å². The molecule has 0 aromatic carbocycles. The normalized spacial score (nSPS) is 42.1. The fraction of sp³-hybridized carbons (Fsp3) is 0.950. The lowest BCUT2D eigenvalue weighted by molar-refractivity contribution is -0.275. The van der Waals surface area contributed by atoms with Gasteiger partial charge < -0.3 is 23.7 Å². The minimum atomic E-state index is -1.30. The smallest absolute Gasteiger partial charge is 0.258 e. The molecular formula is C20H30O6. The molecule has 3 atom stereocenters. The molecule has 5 fully saturated rings. The number of Topliss-reactive ketones (excluding diaryl/α,β-unsaturated/α-hetero) is 1. The Morgan fingerprint density at radius 1 is 0.731 bits per heavy atom. The highest BCUT2D eigenvalue weighted by Crippen LogP contribution is 2.48. The lowest BCUT2D eigenvalue weighted by Gasteiger charge is -2.36. The molecule has 6 nitrogen and oxygen atoms in total. The second-order valence-corrected chi connectivity index (χ2v) is 8.66. The van der Waals surface area contributed by atoms with Crippen LogP contribution in [0, 0.1) is 0 Å². The van der Waals surface area contributed by atoms with Crippen molar-refractivity contribution in [1.29, 1.82) is 0 Å². The summed E-state index contributed by atoms with van der Waals surface area (Å²) in [5, 5.41) is 0. The van der Waals surface area contributed by atoms with Crippen molar-refractivity contribution in [3.63, 3.8) is 0 Å². The first-order valence-electron chi connectivity index (χ1n) is 10.5. The second-order valence-electron chi connectivity index (χ2n) is 8.66. The molecule has 2 saturated carbocycles. The Balaban J connectivity index is 1.34. The highest BCUT2D eigenvalue weighted by Gasteiger charge is 2.64. The molecule has 0 aromatic heterocycles. The van der Waals surface area contributed by atoms with Crippen molar-refractivity contribution < 1.29 is 28.5 Å². The van der Waals surface area contributed by atoms with Crippen LogP contribution in [0.1, 0.15) is 77.0 Å². The predicted octanol–water partition coefficient (Wildman–Crippen LogP) is 3.21. The molecule has 0 unspecified atom stereocenters. The molecule has 0 N–H and O–H groups in total. The SMILES string of the molecule is O=C1[C@@H]2OC3(CCCCCC3)O[C@@H]2CO[C@]12COC1(CCCCCC1)O2. The van der Waals surface area contributed by atoms with E-state index in [9.17, 15) is 4.79 Å². The molecular weight excluding hydrogens is 336 g/mol. The molecule has 3 saturated heterocycles. The van der Waals surface area contributed by atoms with Gasteiger partial charge in [-0.1, -0.05) is 25.7 Å². The fourth-order valence-electron chi connectivity index (χ4n) is 5.32. The van der Waals surface area contributed by atoms with Gasteiger partial charge in [0, 0.05) is 25.7 Å². The van der Waals surface area contributed by atoms with Gasteiger partial charge in [-0.15, -0.1) is 0 Å². The number of carbonyl (C=O) groups is 1. The molecule has 26 heavy (non-hydrogen) atoms. The van der Waals surface area contributed by atoms with Crippen molar-refractivity contribution in [2.75, 3.05) is 13.2 Å². The molecule has 6 heteroatoms. The Labute approximate surface area is 154 Å². The van der Waals surface area contributed by atoms with Gasteiger partial charge >= 0.3 is 0 Å². The standard InChI is InChI=1S/C20H30O6/c21-17-16-15(24-19(25-16)11-7-3-4-8-12-19)13-22-20(17)14-23-18(26-20)9-5-1-2-6-10-18/h15-16H,1-14H2/t15-,16-,20+/m1/s1. The van der Waals surface area contributed by atoms with Gasteiger partial charge in [0.2, 0.25) is 5.78 Å². The summed E-state index contributed by atoms with van der Waals surface area (Å²) < 4.78 is 30.9. The van der Waals surface area contributed by atoms with E-state index in [1.807, 2.05) is 0 Å². The zero-order valence-corrected chi connectivity index (χ0v) is 15.5. The van der Waals surface area contributed by atoms with E-state index in [2.05, 4.69) is 0 Å². The monoisotopic (exact) mass is 366 g/mol. The summed E-state index contributed by atoms with van der Waals surface area (Å²) in [5.74, 6) is -2.70. The van der Waals surface area contributed by atoms with Gasteiger partial charge in [0.05, 0.1) is 6.61 Å². The summed E-state index contributed by atoms with van der Waals surface area (Å²) in [6.07, 6.45) is 11.6. The summed E-state index contributed by atoms with van der Waals surface area (Å²) in [6, 6.07) is 0. The average molecular weight is 366 g/mol. The minimum Gasteiger partial charge on any atom is -0.344 e. The van der Waals surface area contributed by atoms with Crippen LogP contribution in [-0.4, -0.2) is 48.6 Å². The average Bonchev–Trinajstić information content (AvgIpc) is 2.96. The van der Waals surface area contributed by atoms with Crippen LogP contribution >= 0.6 is 0 Å². The first-order valence-corrected chi connectivity index (χ1v) is 10.5. The first kappa shape index (κ1) is 17.6. The lowest BCUT2D eigenvalue weighted by Crippen LogP contribution is -2.59. The van der Waals surface area contributed by atoms with Crippen molar-refractivity contribution in [2.45, 2.75) is 107 Å². The second kappa shape index (κ2) is 6.52. The van der Waals surface area contributed by atoms with Crippen LogP contribution in [-0.2, 0) is 28.5 Å². The zero-order chi connectivity index (χ0) is 17.7. The van der Waals surface area contributed by atoms with Crippen LogP contribution in [0.4, 0.5) is 0 Å². The maximum Gasteiger partial charge on any atom is 0.258 e. The maximum absolute atomic E-state index is 13.3. The Bertz CT molecular complexity index is 533. The molecule has 146 valence electrons. The zero-order valence-electron chi connectivity index (χ0n) is 15.5. The van der Waals surface area contributed by atoms with Gasteiger partial charge in [-0.3, -0.25) is 4.79 Å². The fourth-order valence-corrected chi connectivity index (χ4v) is 5.32. The summed E-state index contributed by atoms with van der Waals surface area (Å²) in [4.78, 5) is 13.3. The van der Waals surface area contributed by atoms with Crippen LogP contribution < -0.4 is 0 Å². The Kier molecular flexibility index (Phi) is 4.40. The Morgan fingerprint density at radius 3 is 2.00 bits per heavy atom. The van der Waals surface area contributed by atoms with E-state index in [4.69, 9.17) is 23.7 Å². The number of rotatable bonds is 0. The molecule has 3 heterocycles. The summed E-state index contributed by atoms with van der Waals surface area (Å²) >= 11 is 0. The molecule has 5 aliphatic rings. The van der Waals surface area contributed by atoms with Crippen LogP contribution in [0.3, 0.4) is 0 Å². The quantitative estimate of drug-likeness (QED) is 0.656. The highest BCUT2D eigenvalue weighted by molar-refractivity contribution is 5.92. The predicted molar refractivity (Wildman–Crippen MR) is 91.3 cm³/mol. The number of hydrogen-bond donors (Lipinski definition) is 0. The molecule has 5 rings (SSSR count). The van der Waals surface area contributed by atoms with Gasteiger partial charge in [0.15, 0.2) is 17.7 Å².